The first-order chi connectivity index (χ1) is 6.72. The van der Waals surface area contributed by atoms with Gasteiger partial charge in [0.25, 0.3) is 0 Å². The first-order valence-electron chi connectivity index (χ1n) is 4.45. The smallest absolute Gasteiger partial charge is 0.222 e. The van der Waals surface area contributed by atoms with Crippen molar-refractivity contribution in [3.63, 3.8) is 0 Å². The quantitative estimate of drug-likeness (QED) is 0.844. The molecule has 1 atom stereocenters. The van der Waals surface area contributed by atoms with Gasteiger partial charge in [-0.25, -0.2) is 9.97 Å². The Morgan fingerprint density at radius 2 is 2.14 bits per heavy atom. The molecule has 0 saturated carbocycles. The topological polar surface area (TPSA) is 47.0 Å². The predicted octanol–water partition coefficient (Wildman–Crippen LogP) is 1.92. The van der Waals surface area contributed by atoms with Gasteiger partial charge < -0.3 is 10.1 Å². The van der Waals surface area contributed by atoms with Crippen molar-refractivity contribution in [2.24, 2.45) is 0 Å². The number of anilines is 1. The molecule has 1 rings (SSSR count). The standard InChI is InChI=1S/C9H14IN3O/c1-7(3-4-14-2)13-9-11-5-8(10)6-12-9/h5-7H,3-4H2,1-2H3,(H,11,12,13). The molecule has 0 aliphatic heterocycles. The Morgan fingerprint density at radius 3 is 2.71 bits per heavy atom. The van der Waals surface area contributed by atoms with Crippen molar-refractivity contribution < 1.29 is 4.74 Å². The van der Waals surface area contributed by atoms with Gasteiger partial charge in [0.1, 0.15) is 0 Å². The number of rotatable bonds is 5. The fraction of sp³-hybridized carbons (Fsp3) is 0.556. The van der Waals surface area contributed by atoms with Crippen LogP contribution in [0.3, 0.4) is 0 Å². The van der Waals surface area contributed by atoms with E-state index < -0.39 is 0 Å². The molecule has 0 aromatic carbocycles. The molecule has 14 heavy (non-hydrogen) atoms. The second-order valence-electron chi connectivity index (χ2n) is 3.05. The first-order valence-corrected chi connectivity index (χ1v) is 5.53. The molecule has 0 radical (unpaired) electrons. The highest BCUT2D eigenvalue weighted by Crippen LogP contribution is 2.05. The lowest BCUT2D eigenvalue weighted by Crippen LogP contribution is -2.18. The van der Waals surface area contributed by atoms with Crippen LogP contribution in [0.15, 0.2) is 12.4 Å². The van der Waals surface area contributed by atoms with Crippen LogP contribution in [0.4, 0.5) is 5.95 Å². The van der Waals surface area contributed by atoms with Gasteiger partial charge >= 0.3 is 0 Å². The van der Waals surface area contributed by atoms with Crippen molar-refractivity contribution in [1.29, 1.82) is 0 Å². The fourth-order valence-electron chi connectivity index (χ4n) is 0.974. The maximum absolute atomic E-state index is 4.99. The SMILES string of the molecule is COCCC(C)Nc1ncc(I)cn1. The van der Waals surface area contributed by atoms with Gasteiger partial charge in [0, 0.05) is 35.7 Å². The molecule has 1 heterocycles. The Bertz CT molecular complexity index is 265. The minimum atomic E-state index is 0.329. The summed E-state index contributed by atoms with van der Waals surface area (Å²) >= 11 is 2.18. The molecular weight excluding hydrogens is 293 g/mol. The highest BCUT2D eigenvalue weighted by atomic mass is 127. The molecule has 78 valence electrons. The zero-order valence-corrected chi connectivity index (χ0v) is 10.5. The molecule has 0 spiro atoms. The summed E-state index contributed by atoms with van der Waals surface area (Å²) in [5.74, 6) is 0.675. The van der Waals surface area contributed by atoms with Crippen LogP contribution in [-0.2, 0) is 4.74 Å². The predicted molar refractivity (Wildman–Crippen MR) is 64.3 cm³/mol. The number of nitrogens with zero attached hydrogens (tertiary/aromatic N) is 2. The van der Waals surface area contributed by atoms with Crippen LogP contribution in [0.25, 0.3) is 0 Å². The molecular formula is C9H14IN3O. The molecule has 4 nitrogen and oxygen atoms in total. The maximum Gasteiger partial charge on any atom is 0.222 e. The summed E-state index contributed by atoms with van der Waals surface area (Å²) in [6, 6.07) is 0.329. The zero-order chi connectivity index (χ0) is 10.4. The number of aromatic nitrogens is 2. The molecule has 1 unspecified atom stereocenters. The van der Waals surface area contributed by atoms with Gasteiger partial charge in [-0.05, 0) is 35.9 Å². The molecule has 0 amide bonds. The van der Waals surface area contributed by atoms with Crippen molar-refractivity contribution in [2.75, 3.05) is 19.0 Å². The third-order valence-corrected chi connectivity index (χ3v) is 2.31. The Labute approximate surface area is 97.6 Å². The van der Waals surface area contributed by atoms with Crippen LogP contribution in [0.5, 0.6) is 0 Å². The molecule has 1 N–H and O–H groups in total. The summed E-state index contributed by atoms with van der Waals surface area (Å²) in [5, 5.41) is 3.20. The summed E-state index contributed by atoms with van der Waals surface area (Å²) in [7, 11) is 1.70. The van der Waals surface area contributed by atoms with Crippen LogP contribution in [0.1, 0.15) is 13.3 Å². The highest BCUT2D eigenvalue weighted by Gasteiger charge is 2.02. The lowest BCUT2D eigenvalue weighted by molar-refractivity contribution is 0.191. The molecule has 0 fully saturated rings. The minimum Gasteiger partial charge on any atom is -0.385 e. The van der Waals surface area contributed by atoms with Gasteiger partial charge in [-0.2, -0.15) is 0 Å². The number of methoxy groups -OCH3 is 1. The van der Waals surface area contributed by atoms with E-state index in [0.717, 1.165) is 16.6 Å². The van der Waals surface area contributed by atoms with Crippen molar-refractivity contribution in [3.05, 3.63) is 16.0 Å². The third kappa shape index (κ3) is 4.19. The van der Waals surface area contributed by atoms with Gasteiger partial charge in [0.2, 0.25) is 5.95 Å². The van der Waals surface area contributed by atoms with E-state index in [-0.39, 0.29) is 0 Å². The Kier molecular flexibility index (Phi) is 5.10. The molecule has 0 aliphatic carbocycles. The highest BCUT2D eigenvalue weighted by molar-refractivity contribution is 14.1. The fourth-order valence-corrected chi connectivity index (χ4v) is 1.25. The summed E-state index contributed by atoms with van der Waals surface area (Å²) in [6.07, 6.45) is 4.53. The summed E-state index contributed by atoms with van der Waals surface area (Å²) in [6.45, 7) is 2.83. The van der Waals surface area contributed by atoms with E-state index in [1.54, 1.807) is 19.5 Å². The Hall–Kier alpha value is -0.430. The largest absolute Gasteiger partial charge is 0.385 e. The van der Waals surface area contributed by atoms with Gasteiger partial charge in [0.05, 0.1) is 0 Å². The average Bonchev–Trinajstić information content (AvgIpc) is 2.18. The summed E-state index contributed by atoms with van der Waals surface area (Å²) in [4.78, 5) is 8.31. The minimum absolute atomic E-state index is 0.329. The van der Waals surface area contributed by atoms with Gasteiger partial charge in [-0.15, -0.1) is 0 Å². The van der Waals surface area contributed by atoms with Crippen LogP contribution in [0, 0.1) is 3.57 Å². The van der Waals surface area contributed by atoms with Crippen molar-refractivity contribution in [1.82, 2.24) is 9.97 Å². The van der Waals surface area contributed by atoms with E-state index in [4.69, 9.17) is 4.74 Å². The summed E-state index contributed by atoms with van der Waals surface area (Å²) in [5.41, 5.74) is 0. The summed E-state index contributed by atoms with van der Waals surface area (Å²) < 4.78 is 6.03. The Morgan fingerprint density at radius 1 is 1.50 bits per heavy atom. The van der Waals surface area contributed by atoms with E-state index in [1.165, 1.54) is 0 Å². The monoisotopic (exact) mass is 307 g/mol. The van der Waals surface area contributed by atoms with Crippen molar-refractivity contribution in [3.8, 4) is 0 Å². The van der Waals surface area contributed by atoms with Gasteiger partial charge in [-0.1, -0.05) is 0 Å². The van der Waals surface area contributed by atoms with E-state index in [1.807, 2.05) is 0 Å². The maximum atomic E-state index is 4.99. The molecule has 1 aromatic heterocycles. The normalized spacial score (nSPS) is 12.5. The molecule has 0 saturated heterocycles. The lowest BCUT2D eigenvalue weighted by Gasteiger charge is -2.12. The van der Waals surface area contributed by atoms with Crippen LogP contribution >= 0.6 is 22.6 Å². The van der Waals surface area contributed by atoms with Crippen molar-refractivity contribution >= 4 is 28.5 Å². The van der Waals surface area contributed by atoms with E-state index in [0.29, 0.717) is 12.0 Å². The number of hydrogen-bond donors (Lipinski definition) is 1. The van der Waals surface area contributed by atoms with E-state index in [9.17, 15) is 0 Å². The van der Waals surface area contributed by atoms with E-state index >= 15 is 0 Å². The van der Waals surface area contributed by atoms with Crippen LogP contribution in [-0.4, -0.2) is 29.7 Å². The molecule has 5 heteroatoms. The second kappa shape index (κ2) is 6.13. The third-order valence-electron chi connectivity index (χ3n) is 1.75. The number of hydrogen-bond acceptors (Lipinski definition) is 4. The molecule has 0 aliphatic rings. The van der Waals surface area contributed by atoms with E-state index in [2.05, 4.69) is 44.8 Å². The number of halogens is 1. The lowest BCUT2D eigenvalue weighted by atomic mass is 10.2. The number of nitrogens with one attached hydrogen (secondary N) is 1. The van der Waals surface area contributed by atoms with Crippen LogP contribution in [0.2, 0.25) is 0 Å². The molecule has 1 aromatic rings. The zero-order valence-electron chi connectivity index (χ0n) is 8.33. The average molecular weight is 307 g/mol. The van der Waals surface area contributed by atoms with Crippen molar-refractivity contribution in [2.45, 2.75) is 19.4 Å². The Balaban J connectivity index is 2.39. The number of ether oxygens (including phenoxy) is 1. The van der Waals surface area contributed by atoms with Crippen LogP contribution < -0.4 is 5.32 Å². The molecule has 0 bridgehead atoms. The van der Waals surface area contributed by atoms with Gasteiger partial charge in [0.15, 0.2) is 0 Å². The first kappa shape index (κ1) is 11.6. The van der Waals surface area contributed by atoms with Gasteiger partial charge in [-0.3, -0.25) is 0 Å². The second-order valence-corrected chi connectivity index (χ2v) is 4.30.